The Kier molecular flexibility index (Phi) is 6.59. The number of anilines is 1. The molecule has 1 aromatic carbocycles. The molecule has 1 aliphatic carbocycles. The summed E-state index contributed by atoms with van der Waals surface area (Å²) < 4.78 is 24.2. The first-order chi connectivity index (χ1) is 11.7. The first kappa shape index (κ1) is 19.9. The van der Waals surface area contributed by atoms with Gasteiger partial charge in [0.25, 0.3) is 0 Å². The van der Waals surface area contributed by atoms with Crippen LogP contribution in [0, 0.1) is 5.92 Å². The standard InChI is InChI=1S/C16H21BrN2O5S/c1-25(23,24)14-7-6-11(17)8-13(14)19-16(22)15(21)18-12-5-3-2-4-10(12)9-20/h6-8,10,12,20H,2-5,9H2,1H3,(H,18,21)(H,19,22)/t10-,12+/m0/s1. The highest BCUT2D eigenvalue weighted by molar-refractivity contribution is 9.10. The van der Waals surface area contributed by atoms with Crippen LogP contribution in [-0.2, 0) is 19.4 Å². The van der Waals surface area contributed by atoms with E-state index in [1.54, 1.807) is 6.07 Å². The van der Waals surface area contributed by atoms with Gasteiger partial charge in [0.2, 0.25) is 0 Å². The van der Waals surface area contributed by atoms with Gasteiger partial charge in [0.05, 0.1) is 10.6 Å². The number of halogens is 1. The summed E-state index contributed by atoms with van der Waals surface area (Å²) >= 11 is 3.21. The summed E-state index contributed by atoms with van der Waals surface area (Å²) in [5.74, 6) is -1.85. The average molecular weight is 433 g/mol. The molecule has 1 fully saturated rings. The van der Waals surface area contributed by atoms with Gasteiger partial charge in [-0.05, 0) is 31.0 Å². The number of aliphatic hydroxyl groups excluding tert-OH is 1. The zero-order chi connectivity index (χ0) is 18.6. The lowest BCUT2D eigenvalue weighted by Gasteiger charge is -2.30. The molecule has 0 bridgehead atoms. The molecule has 9 heteroatoms. The number of carbonyl (C=O) groups is 2. The summed E-state index contributed by atoms with van der Waals surface area (Å²) in [5.41, 5.74) is 0.0411. The lowest BCUT2D eigenvalue weighted by atomic mass is 9.85. The molecule has 2 atom stereocenters. The average Bonchev–Trinajstić information content (AvgIpc) is 2.54. The largest absolute Gasteiger partial charge is 0.396 e. The highest BCUT2D eigenvalue weighted by atomic mass is 79.9. The van der Waals surface area contributed by atoms with Crippen LogP contribution in [0.4, 0.5) is 5.69 Å². The normalized spacial score (nSPS) is 20.8. The maximum atomic E-state index is 12.2. The number of rotatable bonds is 4. The summed E-state index contributed by atoms with van der Waals surface area (Å²) in [5, 5.41) is 14.4. The fraction of sp³-hybridized carbons (Fsp3) is 0.500. The van der Waals surface area contributed by atoms with E-state index in [0.29, 0.717) is 10.9 Å². The minimum Gasteiger partial charge on any atom is -0.396 e. The Morgan fingerprint density at radius 3 is 2.56 bits per heavy atom. The van der Waals surface area contributed by atoms with Crippen LogP contribution in [0.2, 0.25) is 0 Å². The van der Waals surface area contributed by atoms with Gasteiger partial charge in [0.1, 0.15) is 0 Å². The molecule has 25 heavy (non-hydrogen) atoms. The number of benzene rings is 1. The molecule has 1 aliphatic rings. The summed E-state index contributed by atoms with van der Waals surface area (Å²) in [4.78, 5) is 24.3. The van der Waals surface area contributed by atoms with Crippen molar-refractivity contribution in [2.24, 2.45) is 5.92 Å². The van der Waals surface area contributed by atoms with Gasteiger partial charge in [-0.2, -0.15) is 0 Å². The van der Waals surface area contributed by atoms with E-state index in [4.69, 9.17) is 0 Å². The molecular weight excluding hydrogens is 412 g/mol. The Labute approximate surface area is 155 Å². The first-order valence-electron chi connectivity index (χ1n) is 7.94. The Morgan fingerprint density at radius 1 is 1.24 bits per heavy atom. The second kappa shape index (κ2) is 8.29. The van der Waals surface area contributed by atoms with E-state index >= 15 is 0 Å². The third-order valence-corrected chi connectivity index (χ3v) is 5.90. The highest BCUT2D eigenvalue weighted by Crippen LogP contribution is 2.26. The zero-order valence-electron chi connectivity index (χ0n) is 13.8. The first-order valence-corrected chi connectivity index (χ1v) is 10.6. The van der Waals surface area contributed by atoms with Gasteiger partial charge in [-0.3, -0.25) is 9.59 Å². The fourth-order valence-electron chi connectivity index (χ4n) is 2.95. The number of hydrogen-bond donors (Lipinski definition) is 3. The van der Waals surface area contributed by atoms with E-state index in [-0.39, 0.29) is 29.1 Å². The van der Waals surface area contributed by atoms with Crippen LogP contribution in [0.25, 0.3) is 0 Å². The quantitative estimate of drug-likeness (QED) is 0.623. The lowest BCUT2D eigenvalue weighted by molar-refractivity contribution is -0.137. The minimum absolute atomic E-state index is 0.0411. The Bertz CT molecular complexity index is 766. The molecule has 0 unspecified atom stereocenters. The van der Waals surface area contributed by atoms with Gasteiger partial charge in [-0.15, -0.1) is 0 Å². The van der Waals surface area contributed by atoms with E-state index in [2.05, 4.69) is 26.6 Å². The number of sulfone groups is 1. The molecule has 0 radical (unpaired) electrons. The molecule has 0 saturated heterocycles. The van der Waals surface area contributed by atoms with Crippen molar-refractivity contribution in [3.8, 4) is 0 Å². The van der Waals surface area contributed by atoms with Gasteiger partial charge < -0.3 is 15.7 Å². The minimum atomic E-state index is -3.56. The molecular formula is C16H21BrN2O5S. The number of amides is 2. The van der Waals surface area contributed by atoms with Crippen LogP contribution in [-0.4, -0.2) is 44.2 Å². The molecule has 2 rings (SSSR count). The number of hydrogen-bond acceptors (Lipinski definition) is 5. The van der Waals surface area contributed by atoms with Crippen LogP contribution >= 0.6 is 15.9 Å². The van der Waals surface area contributed by atoms with Crippen molar-refractivity contribution in [3.63, 3.8) is 0 Å². The highest BCUT2D eigenvalue weighted by Gasteiger charge is 2.28. The molecule has 3 N–H and O–H groups in total. The molecule has 1 aromatic rings. The van der Waals surface area contributed by atoms with Crippen molar-refractivity contribution in [1.82, 2.24) is 5.32 Å². The molecule has 138 valence electrons. The van der Waals surface area contributed by atoms with Crippen molar-refractivity contribution in [3.05, 3.63) is 22.7 Å². The van der Waals surface area contributed by atoms with Crippen LogP contribution < -0.4 is 10.6 Å². The molecule has 0 aromatic heterocycles. The molecule has 2 amide bonds. The maximum absolute atomic E-state index is 12.2. The predicted octanol–water partition coefficient (Wildman–Crippen LogP) is 1.46. The molecule has 0 aliphatic heterocycles. The van der Waals surface area contributed by atoms with E-state index in [9.17, 15) is 23.1 Å². The summed E-state index contributed by atoms with van der Waals surface area (Å²) in [6.07, 6.45) is 4.44. The Balaban J connectivity index is 2.11. The third-order valence-electron chi connectivity index (χ3n) is 4.26. The smallest absolute Gasteiger partial charge is 0.313 e. The lowest BCUT2D eigenvalue weighted by Crippen LogP contribution is -2.47. The second-order valence-electron chi connectivity index (χ2n) is 6.17. The molecule has 0 heterocycles. The van der Waals surface area contributed by atoms with Crippen molar-refractivity contribution in [2.45, 2.75) is 36.6 Å². The SMILES string of the molecule is CS(=O)(=O)c1ccc(Br)cc1NC(=O)C(=O)N[C@@H]1CCCC[C@H]1CO. The number of aliphatic hydroxyl groups is 1. The molecule has 1 saturated carbocycles. The van der Waals surface area contributed by atoms with Gasteiger partial charge in [-0.1, -0.05) is 28.8 Å². The predicted molar refractivity (Wildman–Crippen MR) is 96.9 cm³/mol. The van der Waals surface area contributed by atoms with Crippen LogP contribution in [0.1, 0.15) is 25.7 Å². The summed E-state index contributed by atoms with van der Waals surface area (Å²) in [6, 6.07) is 4.07. The van der Waals surface area contributed by atoms with E-state index < -0.39 is 21.7 Å². The van der Waals surface area contributed by atoms with E-state index in [0.717, 1.165) is 25.5 Å². The zero-order valence-corrected chi connectivity index (χ0v) is 16.2. The fourth-order valence-corrected chi connectivity index (χ4v) is 4.14. The van der Waals surface area contributed by atoms with Gasteiger partial charge >= 0.3 is 11.8 Å². The Morgan fingerprint density at radius 2 is 1.92 bits per heavy atom. The van der Waals surface area contributed by atoms with Gasteiger partial charge in [0.15, 0.2) is 9.84 Å². The molecule has 7 nitrogen and oxygen atoms in total. The van der Waals surface area contributed by atoms with Gasteiger partial charge in [-0.25, -0.2) is 8.42 Å². The second-order valence-corrected chi connectivity index (χ2v) is 9.07. The maximum Gasteiger partial charge on any atom is 0.313 e. The van der Waals surface area contributed by atoms with Crippen molar-refractivity contribution in [2.75, 3.05) is 18.2 Å². The topological polar surface area (TPSA) is 113 Å². The van der Waals surface area contributed by atoms with Gasteiger partial charge in [0, 0.05) is 29.3 Å². The van der Waals surface area contributed by atoms with Crippen LogP contribution in [0.3, 0.4) is 0 Å². The number of carbonyl (C=O) groups excluding carboxylic acids is 2. The van der Waals surface area contributed by atoms with Crippen molar-refractivity contribution >= 4 is 43.3 Å². The Hall–Kier alpha value is -1.45. The van der Waals surface area contributed by atoms with E-state index in [1.165, 1.54) is 12.1 Å². The van der Waals surface area contributed by atoms with Crippen LogP contribution in [0.5, 0.6) is 0 Å². The van der Waals surface area contributed by atoms with E-state index in [1.807, 2.05) is 0 Å². The monoisotopic (exact) mass is 432 g/mol. The number of nitrogens with one attached hydrogen (secondary N) is 2. The van der Waals surface area contributed by atoms with Crippen molar-refractivity contribution < 1.29 is 23.1 Å². The summed E-state index contributed by atoms with van der Waals surface area (Å²) in [6.45, 7) is -0.0452. The van der Waals surface area contributed by atoms with Crippen molar-refractivity contribution in [1.29, 1.82) is 0 Å². The summed E-state index contributed by atoms with van der Waals surface area (Å²) in [7, 11) is -3.56. The molecule has 0 spiro atoms. The van der Waals surface area contributed by atoms with Crippen LogP contribution in [0.15, 0.2) is 27.6 Å². The third kappa shape index (κ3) is 5.26.